The number of aliphatic hydroxyl groups is 2. The number of aliphatic imine (C=N–C) groups is 1. The van der Waals surface area contributed by atoms with Crippen LogP contribution in [-0.2, 0) is 9.47 Å². The fourth-order valence-corrected chi connectivity index (χ4v) is 3.44. The number of hydrogen-bond acceptors (Lipinski definition) is 7. The van der Waals surface area contributed by atoms with Crippen LogP contribution in [0.5, 0.6) is 0 Å². The van der Waals surface area contributed by atoms with E-state index < -0.39 is 42.1 Å². The van der Waals surface area contributed by atoms with E-state index in [1.807, 2.05) is 0 Å². The second kappa shape index (κ2) is 5.92. The van der Waals surface area contributed by atoms with Crippen LogP contribution in [0.4, 0.5) is 13.2 Å². The maximum atomic E-state index is 12.9. The van der Waals surface area contributed by atoms with Crippen LogP contribution in [0.25, 0.3) is 0 Å². The number of alkyl halides is 3. The van der Waals surface area contributed by atoms with Gasteiger partial charge in [-0.05, 0) is 0 Å². The molecule has 0 aromatic rings. The molecule has 0 spiro atoms. The van der Waals surface area contributed by atoms with Gasteiger partial charge in [-0.15, -0.1) is 0 Å². The van der Waals surface area contributed by atoms with Crippen LogP contribution in [0.15, 0.2) is 4.99 Å². The lowest BCUT2D eigenvalue weighted by molar-refractivity contribution is -0.278. The zero-order valence-corrected chi connectivity index (χ0v) is 12.4. The van der Waals surface area contributed by atoms with E-state index in [9.17, 15) is 23.4 Å². The summed E-state index contributed by atoms with van der Waals surface area (Å²) in [4.78, 5) is 5.84. The van der Waals surface area contributed by atoms with Gasteiger partial charge in [-0.25, -0.2) is 0 Å². The van der Waals surface area contributed by atoms with Gasteiger partial charge in [0.2, 0.25) is 0 Å². The summed E-state index contributed by atoms with van der Waals surface area (Å²) >= 11 is 1.11. The van der Waals surface area contributed by atoms with Gasteiger partial charge in [-0.2, -0.15) is 13.2 Å². The van der Waals surface area contributed by atoms with Crippen molar-refractivity contribution in [2.75, 3.05) is 21.2 Å². The topological polar surface area (TPSA) is 74.5 Å². The van der Waals surface area contributed by atoms with E-state index in [0.717, 1.165) is 18.9 Å². The molecular weight excluding hydrogens is 312 g/mol. The zero-order chi connectivity index (χ0) is 15.9. The SMILES string of the molecule is CN(C)C1=N[C@@H]2[C@@H](O)[C@H](O)[C@@H]([C@@H](O[11CH3])C(F)(F)F)O[C@@H]2S1. The van der Waals surface area contributed by atoms with Crippen molar-refractivity contribution in [3.63, 3.8) is 0 Å². The van der Waals surface area contributed by atoms with E-state index in [1.165, 1.54) is 0 Å². The van der Waals surface area contributed by atoms with Crippen molar-refractivity contribution in [1.29, 1.82) is 0 Å². The number of amidine groups is 1. The number of methoxy groups -OCH3 is 1. The molecule has 0 aromatic heterocycles. The maximum absolute atomic E-state index is 12.9. The first kappa shape index (κ1) is 16.8. The minimum Gasteiger partial charge on any atom is -0.388 e. The lowest BCUT2D eigenvalue weighted by Crippen LogP contribution is -2.61. The lowest BCUT2D eigenvalue weighted by Gasteiger charge is -2.41. The van der Waals surface area contributed by atoms with Gasteiger partial charge in [0.25, 0.3) is 0 Å². The second-order valence-corrected chi connectivity index (χ2v) is 6.13. The first-order chi connectivity index (χ1) is 9.66. The minimum atomic E-state index is -4.71. The Morgan fingerprint density at radius 3 is 2.43 bits per heavy atom. The molecule has 0 aromatic carbocycles. The van der Waals surface area contributed by atoms with E-state index in [4.69, 9.17) is 4.74 Å². The molecule has 2 aliphatic rings. The number of nitrogens with zero attached hydrogens (tertiary/aromatic N) is 2. The van der Waals surface area contributed by atoms with Gasteiger partial charge < -0.3 is 24.6 Å². The molecule has 2 aliphatic heterocycles. The summed E-state index contributed by atoms with van der Waals surface area (Å²) in [6.45, 7) is 0. The van der Waals surface area contributed by atoms with Gasteiger partial charge >= 0.3 is 6.18 Å². The van der Waals surface area contributed by atoms with Crippen molar-refractivity contribution in [2.45, 2.75) is 42.1 Å². The fourth-order valence-electron chi connectivity index (χ4n) is 2.30. The molecule has 0 radical (unpaired) electrons. The van der Waals surface area contributed by atoms with E-state index in [0.29, 0.717) is 5.17 Å². The maximum Gasteiger partial charge on any atom is 0.417 e. The molecule has 0 unspecified atom stereocenters. The molecule has 0 saturated carbocycles. The fraction of sp³-hybridized carbons (Fsp3) is 0.909. The third-order valence-electron chi connectivity index (χ3n) is 3.35. The highest BCUT2D eigenvalue weighted by molar-refractivity contribution is 8.14. The van der Waals surface area contributed by atoms with Gasteiger partial charge in [-0.1, -0.05) is 11.8 Å². The van der Waals surface area contributed by atoms with E-state index in [-0.39, 0.29) is 0 Å². The predicted molar refractivity (Wildman–Crippen MR) is 70.0 cm³/mol. The molecular formula is C11H17F3N2O4S. The zero-order valence-electron chi connectivity index (χ0n) is 11.6. The largest absolute Gasteiger partial charge is 0.417 e. The average molecular weight is 329 g/mol. The third kappa shape index (κ3) is 3.14. The summed E-state index contributed by atoms with van der Waals surface area (Å²) in [6.07, 6.45) is -11.9. The van der Waals surface area contributed by atoms with Crippen LogP contribution in [0, 0.1) is 0 Å². The minimum absolute atomic E-state index is 0.526. The molecule has 1 saturated heterocycles. The smallest absolute Gasteiger partial charge is 0.388 e. The van der Waals surface area contributed by atoms with Crippen molar-refractivity contribution >= 4 is 16.9 Å². The highest BCUT2D eigenvalue weighted by Crippen LogP contribution is 2.40. The molecule has 21 heavy (non-hydrogen) atoms. The Labute approximate surface area is 123 Å². The Bertz CT molecular complexity index is 421. The molecule has 2 heterocycles. The Balaban J connectivity index is 2.20. The standard InChI is InChI=1S/C11H17F3N2O4S/c1-16(2)10-15-4-5(17)6(18)7(20-9(4)21-10)8(19-3)11(12,13)14/h4-9,17-18H,1-3H3/t4-,5-,6+,7+,8-,9-/m1/s1/i3-1. The Morgan fingerprint density at radius 1 is 1.33 bits per heavy atom. The molecule has 122 valence electrons. The highest BCUT2D eigenvalue weighted by Gasteiger charge is 2.56. The predicted octanol–water partition coefficient (Wildman–Crippen LogP) is 0.0434. The Hall–Kier alpha value is -0.550. The summed E-state index contributed by atoms with van der Waals surface area (Å²) in [5, 5.41) is 20.5. The van der Waals surface area contributed by atoms with Crippen LogP contribution >= 0.6 is 11.8 Å². The summed E-state index contributed by atoms with van der Waals surface area (Å²) in [5.41, 5.74) is -0.786. The monoisotopic (exact) mass is 329 g/mol. The molecule has 0 bridgehead atoms. The normalized spacial score (nSPS) is 37.9. The number of halogens is 3. The molecule has 0 amide bonds. The van der Waals surface area contributed by atoms with Crippen LogP contribution in [-0.4, -0.2) is 83.6 Å². The van der Waals surface area contributed by atoms with Crippen LogP contribution in [0.3, 0.4) is 0 Å². The molecule has 10 heteroatoms. The third-order valence-corrected chi connectivity index (χ3v) is 4.65. The summed E-state index contributed by atoms with van der Waals surface area (Å²) < 4.78 is 48.5. The number of ether oxygens (including phenoxy) is 2. The van der Waals surface area contributed by atoms with Crippen LogP contribution in [0.2, 0.25) is 0 Å². The van der Waals surface area contributed by atoms with Crippen LogP contribution < -0.4 is 0 Å². The number of fused-ring (bicyclic) bond motifs is 1. The highest BCUT2D eigenvalue weighted by atomic mass is 32.2. The van der Waals surface area contributed by atoms with Crippen molar-refractivity contribution in [2.24, 2.45) is 4.99 Å². The first-order valence-electron chi connectivity index (χ1n) is 6.19. The quantitative estimate of drug-likeness (QED) is 0.745. The van der Waals surface area contributed by atoms with Gasteiger partial charge in [0.1, 0.15) is 29.8 Å². The van der Waals surface area contributed by atoms with Crippen molar-refractivity contribution in [3.8, 4) is 0 Å². The molecule has 6 atom stereocenters. The van der Waals surface area contributed by atoms with E-state index in [2.05, 4.69) is 9.73 Å². The summed E-state index contributed by atoms with van der Waals surface area (Å²) in [6, 6.07) is -0.801. The lowest BCUT2D eigenvalue weighted by atomic mass is 9.94. The number of thioether (sulfide) groups is 1. The Kier molecular flexibility index (Phi) is 4.74. The van der Waals surface area contributed by atoms with Gasteiger partial charge in [0, 0.05) is 21.2 Å². The molecule has 2 N–H and O–H groups in total. The van der Waals surface area contributed by atoms with Crippen LogP contribution in [0.1, 0.15) is 0 Å². The van der Waals surface area contributed by atoms with Crippen molar-refractivity contribution < 1.29 is 32.9 Å². The molecule has 0 aliphatic carbocycles. The first-order valence-corrected chi connectivity index (χ1v) is 7.07. The molecule has 2 rings (SSSR count). The second-order valence-electron chi connectivity index (χ2n) is 5.06. The molecule has 1 fully saturated rings. The number of aliphatic hydroxyl groups excluding tert-OH is 2. The molecule has 6 nitrogen and oxygen atoms in total. The Morgan fingerprint density at radius 2 is 1.95 bits per heavy atom. The van der Waals surface area contributed by atoms with E-state index >= 15 is 0 Å². The van der Waals surface area contributed by atoms with Crippen molar-refractivity contribution in [1.82, 2.24) is 4.90 Å². The van der Waals surface area contributed by atoms with Gasteiger partial charge in [-0.3, -0.25) is 4.99 Å². The van der Waals surface area contributed by atoms with Gasteiger partial charge in [0.05, 0.1) is 0 Å². The van der Waals surface area contributed by atoms with Gasteiger partial charge in [0.15, 0.2) is 11.3 Å². The number of rotatable bonds is 2. The average Bonchev–Trinajstić information content (AvgIpc) is 2.78. The van der Waals surface area contributed by atoms with Crippen molar-refractivity contribution in [3.05, 3.63) is 0 Å². The summed E-state index contributed by atoms with van der Waals surface area (Å²) in [5.74, 6) is 0. The summed E-state index contributed by atoms with van der Waals surface area (Å²) in [7, 11) is 4.32. The number of hydrogen-bond donors (Lipinski definition) is 2. The van der Waals surface area contributed by atoms with E-state index in [1.54, 1.807) is 19.0 Å².